The van der Waals surface area contributed by atoms with E-state index in [2.05, 4.69) is 9.98 Å². The van der Waals surface area contributed by atoms with Crippen molar-refractivity contribution in [2.24, 2.45) is 27.4 Å². The zero-order valence-electron chi connectivity index (χ0n) is 15.7. The van der Waals surface area contributed by atoms with E-state index in [1.165, 1.54) is 21.0 Å². The summed E-state index contributed by atoms with van der Waals surface area (Å²) in [6.45, 7) is 6.13. The third-order valence-corrected chi connectivity index (χ3v) is 6.52. The molecule has 0 aliphatic heterocycles. The van der Waals surface area contributed by atoms with E-state index in [0.29, 0.717) is 11.3 Å². The van der Waals surface area contributed by atoms with Crippen molar-refractivity contribution in [3.8, 4) is 5.75 Å². The van der Waals surface area contributed by atoms with Gasteiger partial charge in [-0.25, -0.2) is 8.42 Å². The molecule has 0 radical (unpaired) electrons. The molecule has 0 aromatic heterocycles. The van der Waals surface area contributed by atoms with E-state index >= 15 is 0 Å². The molecule has 0 spiro atoms. The average molecular weight is 382 g/mol. The number of carbonyl (C=O) groups is 1. The highest BCUT2D eigenvalue weighted by Gasteiger charge is 2.41. The summed E-state index contributed by atoms with van der Waals surface area (Å²) in [4.78, 5) is 19.8. The van der Waals surface area contributed by atoms with Crippen LogP contribution in [0.5, 0.6) is 5.75 Å². The van der Waals surface area contributed by atoms with Gasteiger partial charge in [-0.15, -0.1) is 0 Å². The second-order valence-electron chi connectivity index (χ2n) is 6.69. The fraction of sp³-hybridized carbons (Fsp3) is 0.471. The summed E-state index contributed by atoms with van der Waals surface area (Å²) in [5.41, 5.74) is 12.1. The molecule has 1 aromatic carbocycles. The highest BCUT2D eigenvalue weighted by atomic mass is 32.2. The van der Waals surface area contributed by atoms with E-state index in [4.69, 9.17) is 16.2 Å². The Balaban J connectivity index is 3.05. The fourth-order valence-electron chi connectivity index (χ4n) is 1.99. The smallest absolute Gasteiger partial charge is 0.269 e. The lowest BCUT2D eigenvalue weighted by Crippen LogP contribution is -2.43. The number of rotatable bonds is 6. The number of benzene rings is 1. The first-order valence-corrected chi connectivity index (χ1v) is 9.65. The van der Waals surface area contributed by atoms with Gasteiger partial charge in [-0.3, -0.25) is 4.79 Å². The monoisotopic (exact) mass is 382 g/mol. The van der Waals surface area contributed by atoms with Crippen molar-refractivity contribution in [1.82, 2.24) is 0 Å². The SMILES string of the molecule is COc1ccc(/C(N)=N/C(N)=NC(=O)C(C)(C)S(=O)(=O)CC(C)C)cc1. The Labute approximate surface area is 154 Å². The Bertz CT molecular complexity index is 810. The molecule has 0 heterocycles. The molecule has 144 valence electrons. The number of aliphatic imine (C=N–C) groups is 2. The minimum Gasteiger partial charge on any atom is -0.497 e. The minimum absolute atomic E-state index is 0.0459. The van der Waals surface area contributed by atoms with Gasteiger partial charge in [0.2, 0.25) is 5.96 Å². The van der Waals surface area contributed by atoms with E-state index in [0.717, 1.165) is 0 Å². The summed E-state index contributed by atoms with van der Waals surface area (Å²) in [6, 6.07) is 6.73. The van der Waals surface area contributed by atoms with E-state index < -0.39 is 26.5 Å². The van der Waals surface area contributed by atoms with E-state index in [1.807, 2.05) is 0 Å². The van der Waals surface area contributed by atoms with Gasteiger partial charge in [-0.2, -0.15) is 9.98 Å². The molecule has 0 aliphatic carbocycles. The maximum absolute atomic E-state index is 12.4. The van der Waals surface area contributed by atoms with Crippen LogP contribution in [0.3, 0.4) is 0 Å². The van der Waals surface area contributed by atoms with Crippen LogP contribution in [-0.4, -0.2) is 43.7 Å². The highest BCUT2D eigenvalue weighted by Crippen LogP contribution is 2.21. The molecule has 1 rings (SSSR count). The summed E-state index contributed by atoms with van der Waals surface area (Å²) in [7, 11) is -2.16. The van der Waals surface area contributed by atoms with Gasteiger partial charge >= 0.3 is 0 Å². The van der Waals surface area contributed by atoms with Gasteiger partial charge in [0.1, 0.15) is 16.3 Å². The van der Waals surface area contributed by atoms with E-state index in [-0.39, 0.29) is 17.5 Å². The number of methoxy groups -OCH3 is 1. The Hall–Kier alpha value is -2.42. The molecule has 0 fully saturated rings. The van der Waals surface area contributed by atoms with Crippen molar-refractivity contribution in [3.63, 3.8) is 0 Å². The van der Waals surface area contributed by atoms with Gasteiger partial charge in [0, 0.05) is 5.56 Å². The van der Waals surface area contributed by atoms with Gasteiger partial charge in [0.25, 0.3) is 5.91 Å². The van der Waals surface area contributed by atoms with Gasteiger partial charge in [-0.05, 0) is 44.0 Å². The van der Waals surface area contributed by atoms with Crippen LogP contribution >= 0.6 is 0 Å². The number of nitrogens with zero attached hydrogens (tertiary/aromatic N) is 2. The Morgan fingerprint density at radius 2 is 1.69 bits per heavy atom. The van der Waals surface area contributed by atoms with Crippen molar-refractivity contribution in [3.05, 3.63) is 29.8 Å². The number of nitrogens with two attached hydrogens (primary N) is 2. The number of hydrogen-bond donors (Lipinski definition) is 2. The first kappa shape index (κ1) is 21.6. The molecule has 0 saturated heterocycles. The molecule has 0 saturated carbocycles. The number of ether oxygens (including phenoxy) is 1. The van der Waals surface area contributed by atoms with Crippen LogP contribution in [0.15, 0.2) is 34.3 Å². The molecular weight excluding hydrogens is 356 g/mol. The lowest BCUT2D eigenvalue weighted by Gasteiger charge is -2.22. The number of amides is 1. The Morgan fingerprint density at radius 1 is 1.15 bits per heavy atom. The summed E-state index contributed by atoms with van der Waals surface area (Å²) < 4.78 is 28.1. The fourth-order valence-corrected chi connectivity index (χ4v) is 3.60. The quantitative estimate of drug-likeness (QED) is 0.558. The maximum Gasteiger partial charge on any atom is 0.269 e. The largest absolute Gasteiger partial charge is 0.497 e. The second-order valence-corrected chi connectivity index (χ2v) is 9.27. The second kappa shape index (κ2) is 8.31. The molecule has 0 unspecified atom stereocenters. The molecule has 9 heteroatoms. The third kappa shape index (κ3) is 5.29. The third-order valence-electron chi connectivity index (χ3n) is 3.68. The van der Waals surface area contributed by atoms with Crippen molar-refractivity contribution in [1.29, 1.82) is 0 Å². The van der Waals surface area contributed by atoms with Crippen molar-refractivity contribution < 1.29 is 17.9 Å². The van der Waals surface area contributed by atoms with Crippen LogP contribution in [0.2, 0.25) is 0 Å². The van der Waals surface area contributed by atoms with Crippen LogP contribution < -0.4 is 16.2 Å². The number of hydrogen-bond acceptors (Lipinski definition) is 4. The van der Waals surface area contributed by atoms with Crippen molar-refractivity contribution >= 4 is 27.5 Å². The average Bonchev–Trinajstić information content (AvgIpc) is 2.53. The van der Waals surface area contributed by atoms with Crippen LogP contribution in [0, 0.1) is 5.92 Å². The normalized spacial score (nSPS) is 13.8. The van der Waals surface area contributed by atoms with Gasteiger partial charge in [0.05, 0.1) is 12.9 Å². The summed E-state index contributed by atoms with van der Waals surface area (Å²) in [5, 5.41) is 0. The molecule has 0 atom stereocenters. The topological polar surface area (TPSA) is 137 Å². The predicted molar refractivity (Wildman–Crippen MR) is 103 cm³/mol. The molecule has 4 N–H and O–H groups in total. The first-order chi connectivity index (χ1) is 11.9. The lowest BCUT2D eigenvalue weighted by molar-refractivity contribution is -0.119. The molecule has 1 amide bonds. The predicted octanol–water partition coefficient (Wildman–Crippen LogP) is 1.09. The molecular formula is C17H26N4O4S. The zero-order valence-corrected chi connectivity index (χ0v) is 16.5. The standard InChI is InChI=1S/C17H26N4O4S/c1-11(2)10-26(23,24)17(3,4)15(22)21-16(19)20-14(18)12-6-8-13(25-5)9-7-12/h6-9,11H,10H2,1-5H3,(H4,18,19,20,21,22). The Kier molecular flexibility index (Phi) is 6.91. The van der Waals surface area contributed by atoms with Crippen LogP contribution in [0.4, 0.5) is 0 Å². The number of carbonyl (C=O) groups excluding carboxylic acids is 1. The van der Waals surface area contributed by atoms with Gasteiger partial charge < -0.3 is 16.2 Å². The van der Waals surface area contributed by atoms with Gasteiger partial charge in [-0.1, -0.05) is 13.8 Å². The van der Waals surface area contributed by atoms with Crippen LogP contribution in [-0.2, 0) is 14.6 Å². The summed E-state index contributed by atoms with van der Waals surface area (Å²) in [5.74, 6) is -0.839. The lowest BCUT2D eigenvalue weighted by atomic mass is 10.2. The number of amidine groups is 1. The van der Waals surface area contributed by atoms with Crippen LogP contribution in [0.1, 0.15) is 33.3 Å². The highest BCUT2D eigenvalue weighted by molar-refractivity contribution is 7.93. The molecule has 0 aliphatic rings. The maximum atomic E-state index is 12.4. The Morgan fingerprint density at radius 3 is 2.15 bits per heavy atom. The minimum atomic E-state index is -3.70. The van der Waals surface area contributed by atoms with E-state index in [1.54, 1.807) is 38.1 Å². The molecule has 1 aromatic rings. The summed E-state index contributed by atoms with van der Waals surface area (Å²) in [6.07, 6.45) is 0. The number of sulfone groups is 1. The summed E-state index contributed by atoms with van der Waals surface area (Å²) >= 11 is 0. The van der Waals surface area contributed by atoms with Crippen molar-refractivity contribution in [2.75, 3.05) is 12.9 Å². The van der Waals surface area contributed by atoms with Gasteiger partial charge in [0.15, 0.2) is 9.84 Å². The molecule has 26 heavy (non-hydrogen) atoms. The number of guanidine groups is 1. The molecule has 0 bridgehead atoms. The zero-order chi connectivity index (χ0) is 20.1. The van der Waals surface area contributed by atoms with Crippen molar-refractivity contribution in [2.45, 2.75) is 32.4 Å². The van der Waals surface area contributed by atoms with Crippen LogP contribution in [0.25, 0.3) is 0 Å². The van der Waals surface area contributed by atoms with E-state index in [9.17, 15) is 13.2 Å². The molecule has 8 nitrogen and oxygen atoms in total. The first-order valence-electron chi connectivity index (χ1n) is 8.00.